The average molecular weight is 202 g/mol. The Morgan fingerprint density at radius 2 is 2.07 bits per heavy atom. The van der Waals surface area contributed by atoms with Crippen LogP contribution in [0, 0.1) is 11.3 Å². The van der Waals surface area contributed by atoms with Crippen molar-refractivity contribution < 1.29 is 4.74 Å². The molecule has 0 aromatic heterocycles. The number of nitriles is 1. The van der Waals surface area contributed by atoms with Gasteiger partial charge in [-0.3, -0.25) is 0 Å². The van der Waals surface area contributed by atoms with Crippen LogP contribution in [0.4, 0.5) is 5.69 Å². The third-order valence-electron chi connectivity index (χ3n) is 2.92. The minimum Gasteiger partial charge on any atom is -0.399 e. The highest BCUT2D eigenvalue weighted by molar-refractivity contribution is 5.43. The number of ether oxygens (including phenoxy) is 1. The molecule has 1 aromatic carbocycles. The average Bonchev–Trinajstić information content (AvgIpc) is 2.31. The smallest absolute Gasteiger partial charge is 0.106 e. The summed E-state index contributed by atoms with van der Waals surface area (Å²) in [5.41, 5.74) is 6.90. The SMILES string of the molecule is N#C[C@@]1(c2ccc(N)cc2)CCCOC1. The topological polar surface area (TPSA) is 59.0 Å². The fraction of sp³-hybridized carbons (Fsp3) is 0.417. The van der Waals surface area contributed by atoms with E-state index in [1.807, 2.05) is 24.3 Å². The molecule has 2 N–H and O–H groups in total. The zero-order valence-corrected chi connectivity index (χ0v) is 8.57. The summed E-state index contributed by atoms with van der Waals surface area (Å²) in [4.78, 5) is 0. The summed E-state index contributed by atoms with van der Waals surface area (Å²) in [6, 6.07) is 9.91. The molecule has 0 radical (unpaired) electrons. The summed E-state index contributed by atoms with van der Waals surface area (Å²) in [6.45, 7) is 1.26. The number of benzene rings is 1. The third kappa shape index (κ3) is 1.81. The summed E-state index contributed by atoms with van der Waals surface area (Å²) >= 11 is 0. The lowest BCUT2D eigenvalue weighted by Crippen LogP contribution is -2.34. The van der Waals surface area contributed by atoms with Crippen molar-refractivity contribution in [3.05, 3.63) is 29.8 Å². The molecule has 0 unspecified atom stereocenters. The van der Waals surface area contributed by atoms with Crippen LogP contribution in [-0.4, -0.2) is 13.2 Å². The summed E-state index contributed by atoms with van der Waals surface area (Å²) in [6.07, 6.45) is 1.81. The summed E-state index contributed by atoms with van der Waals surface area (Å²) in [5, 5.41) is 9.30. The molecule has 1 aromatic rings. The Kier molecular flexibility index (Phi) is 2.61. The summed E-state index contributed by atoms with van der Waals surface area (Å²) < 4.78 is 5.41. The number of hydrogen-bond donors (Lipinski definition) is 1. The van der Waals surface area contributed by atoms with Gasteiger partial charge in [0.1, 0.15) is 5.41 Å². The van der Waals surface area contributed by atoms with Gasteiger partial charge in [-0.1, -0.05) is 12.1 Å². The van der Waals surface area contributed by atoms with Crippen molar-refractivity contribution in [1.82, 2.24) is 0 Å². The molecule has 1 saturated heterocycles. The molecule has 78 valence electrons. The Labute approximate surface area is 89.5 Å². The van der Waals surface area contributed by atoms with Gasteiger partial charge in [0.05, 0.1) is 12.7 Å². The van der Waals surface area contributed by atoms with E-state index >= 15 is 0 Å². The van der Waals surface area contributed by atoms with Crippen molar-refractivity contribution in [1.29, 1.82) is 5.26 Å². The van der Waals surface area contributed by atoms with E-state index in [-0.39, 0.29) is 0 Å². The predicted octanol–water partition coefficient (Wildman–Crippen LogP) is 1.84. The zero-order chi connectivity index (χ0) is 10.7. The Balaban J connectivity index is 2.33. The molecule has 3 heteroatoms. The van der Waals surface area contributed by atoms with Gasteiger partial charge in [-0.05, 0) is 30.5 Å². The Bertz CT molecular complexity index is 372. The van der Waals surface area contributed by atoms with Gasteiger partial charge in [0.2, 0.25) is 0 Å². The maximum Gasteiger partial charge on any atom is 0.106 e. The number of nitrogen functional groups attached to an aromatic ring is 1. The second-order valence-corrected chi connectivity index (χ2v) is 3.97. The molecule has 1 heterocycles. The van der Waals surface area contributed by atoms with Gasteiger partial charge in [-0.2, -0.15) is 5.26 Å². The Hall–Kier alpha value is -1.53. The van der Waals surface area contributed by atoms with E-state index in [1.165, 1.54) is 0 Å². The third-order valence-corrected chi connectivity index (χ3v) is 2.92. The predicted molar refractivity (Wildman–Crippen MR) is 58.2 cm³/mol. The van der Waals surface area contributed by atoms with Crippen LogP contribution in [0.5, 0.6) is 0 Å². The quantitative estimate of drug-likeness (QED) is 0.707. The lowest BCUT2D eigenvalue weighted by Gasteiger charge is -2.30. The molecule has 15 heavy (non-hydrogen) atoms. The highest BCUT2D eigenvalue weighted by Gasteiger charge is 2.34. The minimum atomic E-state index is -0.466. The summed E-state index contributed by atoms with van der Waals surface area (Å²) in [7, 11) is 0. The highest BCUT2D eigenvalue weighted by Crippen LogP contribution is 2.32. The number of nitrogens with zero attached hydrogens (tertiary/aromatic N) is 1. The van der Waals surface area contributed by atoms with Gasteiger partial charge in [0.25, 0.3) is 0 Å². The highest BCUT2D eigenvalue weighted by atomic mass is 16.5. The molecule has 0 spiro atoms. The van der Waals surface area contributed by atoms with Crippen LogP contribution in [0.3, 0.4) is 0 Å². The van der Waals surface area contributed by atoms with Crippen molar-refractivity contribution in [3.8, 4) is 6.07 Å². The van der Waals surface area contributed by atoms with Crippen LogP contribution in [0.15, 0.2) is 24.3 Å². The van der Waals surface area contributed by atoms with Crippen LogP contribution in [0.25, 0.3) is 0 Å². The Morgan fingerprint density at radius 3 is 2.60 bits per heavy atom. The standard InChI is InChI=1S/C12H14N2O/c13-8-12(6-1-7-15-9-12)10-2-4-11(14)5-3-10/h2-5H,1,6-7,9,14H2/t12-/m0/s1. The molecule has 0 amide bonds. The first-order chi connectivity index (χ1) is 7.27. The zero-order valence-electron chi connectivity index (χ0n) is 8.57. The Morgan fingerprint density at radius 1 is 1.33 bits per heavy atom. The molecular weight excluding hydrogens is 188 g/mol. The monoisotopic (exact) mass is 202 g/mol. The van der Waals surface area contributed by atoms with Crippen molar-refractivity contribution in [2.75, 3.05) is 18.9 Å². The van der Waals surface area contributed by atoms with Crippen LogP contribution in [0.1, 0.15) is 18.4 Å². The van der Waals surface area contributed by atoms with Crippen molar-refractivity contribution in [2.24, 2.45) is 0 Å². The second kappa shape index (κ2) is 3.92. The van der Waals surface area contributed by atoms with Crippen LogP contribution in [-0.2, 0) is 10.2 Å². The van der Waals surface area contributed by atoms with Crippen LogP contribution < -0.4 is 5.73 Å². The van der Waals surface area contributed by atoms with E-state index in [0.717, 1.165) is 30.7 Å². The van der Waals surface area contributed by atoms with Gasteiger partial charge < -0.3 is 10.5 Å². The maximum absolute atomic E-state index is 9.30. The van der Waals surface area contributed by atoms with Crippen LogP contribution >= 0.6 is 0 Å². The minimum absolute atomic E-state index is 0.466. The van der Waals surface area contributed by atoms with E-state index in [9.17, 15) is 5.26 Å². The molecule has 2 rings (SSSR count). The molecule has 1 aliphatic heterocycles. The lowest BCUT2D eigenvalue weighted by molar-refractivity contribution is 0.0563. The van der Waals surface area contributed by atoms with Gasteiger partial charge >= 0.3 is 0 Å². The van der Waals surface area contributed by atoms with E-state index in [4.69, 9.17) is 10.5 Å². The molecular formula is C12H14N2O. The maximum atomic E-state index is 9.30. The lowest BCUT2D eigenvalue weighted by atomic mass is 9.77. The molecule has 1 fully saturated rings. The number of anilines is 1. The molecule has 1 atom stereocenters. The fourth-order valence-corrected chi connectivity index (χ4v) is 1.98. The van der Waals surface area contributed by atoms with E-state index in [2.05, 4.69) is 6.07 Å². The van der Waals surface area contributed by atoms with E-state index < -0.39 is 5.41 Å². The summed E-state index contributed by atoms with van der Waals surface area (Å²) in [5.74, 6) is 0. The molecule has 0 saturated carbocycles. The molecule has 1 aliphatic rings. The molecule has 0 bridgehead atoms. The first-order valence-corrected chi connectivity index (χ1v) is 5.12. The van der Waals surface area contributed by atoms with Gasteiger partial charge in [0.15, 0.2) is 0 Å². The van der Waals surface area contributed by atoms with E-state index in [1.54, 1.807) is 0 Å². The van der Waals surface area contributed by atoms with Crippen molar-refractivity contribution in [3.63, 3.8) is 0 Å². The van der Waals surface area contributed by atoms with E-state index in [0.29, 0.717) is 6.61 Å². The van der Waals surface area contributed by atoms with Gasteiger partial charge in [-0.15, -0.1) is 0 Å². The largest absolute Gasteiger partial charge is 0.399 e. The second-order valence-electron chi connectivity index (χ2n) is 3.97. The number of nitrogens with two attached hydrogens (primary N) is 1. The van der Waals surface area contributed by atoms with Gasteiger partial charge in [0, 0.05) is 12.3 Å². The first-order valence-electron chi connectivity index (χ1n) is 5.12. The van der Waals surface area contributed by atoms with Crippen molar-refractivity contribution >= 4 is 5.69 Å². The van der Waals surface area contributed by atoms with Crippen LogP contribution in [0.2, 0.25) is 0 Å². The normalized spacial score (nSPS) is 25.8. The first kappa shape index (κ1) is 10.0. The molecule has 0 aliphatic carbocycles. The number of hydrogen-bond acceptors (Lipinski definition) is 3. The fourth-order valence-electron chi connectivity index (χ4n) is 1.98. The van der Waals surface area contributed by atoms with Gasteiger partial charge in [-0.25, -0.2) is 0 Å². The van der Waals surface area contributed by atoms with Crippen molar-refractivity contribution in [2.45, 2.75) is 18.3 Å². The number of rotatable bonds is 1. The molecule has 3 nitrogen and oxygen atoms in total.